The highest BCUT2D eigenvalue weighted by atomic mass is 16.5. The van der Waals surface area contributed by atoms with Crippen molar-refractivity contribution in [1.29, 1.82) is 0 Å². The molecule has 0 unspecified atom stereocenters. The van der Waals surface area contributed by atoms with E-state index in [9.17, 15) is 0 Å². The highest BCUT2D eigenvalue weighted by molar-refractivity contribution is 5.54. The van der Waals surface area contributed by atoms with Gasteiger partial charge in [-0.25, -0.2) is 0 Å². The minimum absolute atomic E-state index is 0.764. The van der Waals surface area contributed by atoms with Gasteiger partial charge in [-0.1, -0.05) is 18.2 Å². The summed E-state index contributed by atoms with van der Waals surface area (Å²) < 4.78 is 5.16. The molecule has 1 aliphatic rings. The summed E-state index contributed by atoms with van der Waals surface area (Å²) in [5, 5.41) is 3.45. The Hall–Kier alpha value is -1.32. The van der Waals surface area contributed by atoms with Gasteiger partial charge in [0.1, 0.15) is 0 Å². The molecule has 1 aromatic carbocycles. The zero-order chi connectivity index (χ0) is 13.5. The van der Waals surface area contributed by atoms with Gasteiger partial charge in [0, 0.05) is 39.0 Å². The zero-order valence-corrected chi connectivity index (χ0v) is 11.8. The van der Waals surface area contributed by atoms with Gasteiger partial charge in [-0.05, 0) is 30.0 Å². The average Bonchev–Trinajstić information content (AvgIpc) is 2.45. The number of rotatable bonds is 7. The Bertz CT molecular complexity index is 417. The summed E-state index contributed by atoms with van der Waals surface area (Å²) in [7, 11) is 1.75. The third kappa shape index (κ3) is 4.08. The third-order valence-corrected chi connectivity index (χ3v) is 3.51. The molecule has 1 N–H and O–H groups in total. The first kappa shape index (κ1) is 14.1. The first-order chi connectivity index (χ1) is 9.33. The highest BCUT2D eigenvalue weighted by Gasteiger charge is 2.10. The number of benzene rings is 1. The van der Waals surface area contributed by atoms with Gasteiger partial charge in [0.25, 0.3) is 0 Å². The van der Waals surface area contributed by atoms with Crippen LogP contribution in [0, 0.1) is 0 Å². The molecule has 1 aliphatic heterocycles. The minimum atomic E-state index is 0.764. The molecule has 104 valence electrons. The van der Waals surface area contributed by atoms with Crippen molar-refractivity contribution in [2.24, 2.45) is 0 Å². The summed E-state index contributed by atoms with van der Waals surface area (Å²) in [6, 6.07) is 6.77. The molecule has 1 heterocycles. The first-order valence-corrected chi connectivity index (χ1v) is 7.01. The topological polar surface area (TPSA) is 24.5 Å². The Labute approximate surface area is 116 Å². The van der Waals surface area contributed by atoms with Crippen LogP contribution in [0.1, 0.15) is 17.5 Å². The molecule has 0 spiro atoms. The number of hydrogen-bond acceptors (Lipinski definition) is 3. The van der Waals surface area contributed by atoms with E-state index in [-0.39, 0.29) is 0 Å². The quantitative estimate of drug-likeness (QED) is 0.763. The largest absolute Gasteiger partial charge is 0.385 e. The predicted molar refractivity (Wildman–Crippen MR) is 80.6 cm³/mol. The number of nitrogens with one attached hydrogen (secondary N) is 1. The standard InChI is InChI=1S/C16H24N2O/c1-3-9-18(10-11-19-2)13-14-6-7-16-15(12-14)5-4-8-17-16/h3,6-7,12,17H,1,4-5,8-11,13H2,2H3. The van der Waals surface area contributed by atoms with Crippen LogP contribution in [0.5, 0.6) is 0 Å². The number of aryl methyl sites for hydroxylation is 1. The lowest BCUT2D eigenvalue weighted by atomic mass is 10.0. The third-order valence-electron chi connectivity index (χ3n) is 3.51. The smallest absolute Gasteiger partial charge is 0.0589 e. The molecule has 0 atom stereocenters. The molecule has 0 aliphatic carbocycles. The molecule has 3 heteroatoms. The number of nitrogens with zero attached hydrogens (tertiary/aromatic N) is 1. The highest BCUT2D eigenvalue weighted by Crippen LogP contribution is 2.23. The zero-order valence-electron chi connectivity index (χ0n) is 11.8. The van der Waals surface area contributed by atoms with Crippen molar-refractivity contribution in [3.8, 4) is 0 Å². The molecule has 0 saturated carbocycles. The van der Waals surface area contributed by atoms with Crippen molar-refractivity contribution in [1.82, 2.24) is 4.90 Å². The van der Waals surface area contributed by atoms with Crippen molar-refractivity contribution in [2.45, 2.75) is 19.4 Å². The number of fused-ring (bicyclic) bond motifs is 1. The molecule has 2 rings (SSSR count). The lowest BCUT2D eigenvalue weighted by molar-refractivity contribution is 0.151. The van der Waals surface area contributed by atoms with Crippen LogP contribution in [-0.4, -0.2) is 38.3 Å². The Morgan fingerprint density at radius 3 is 3.16 bits per heavy atom. The van der Waals surface area contributed by atoms with Crippen molar-refractivity contribution in [2.75, 3.05) is 38.7 Å². The lowest BCUT2D eigenvalue weighted by Crippen LogP contribution is -2.27. The Morgan fingerprint density at radius 2 is 2.37 bits per heavy atom. The van der Waals surface area contributed by atoms with Crippen molar-refractivity contribution in [3.63, 3.8) is 0 Å². The number of anilines is 1. The van der Waals surface area contributed by atoms with E-state index in [1.807, 2.05) is 6.08 Å². The van der Waals surface area contributed by atoms with E-state index in [0.717, 1.165) is 32.8 Å². The van der Waals surface area contributed by atoms with Gasteiger partial charge in [-0.15, -0.1) is 6.58 Å². The fourth-order valence-corrected chi connectivity index (χ4v) is 2.52. The molecular formula is C16H24N2O. The van der Waals surface area contributed by atoms with Crippen molar-refractivity contribution in [3.05, 3.63) is 42.0 Å². The molecule has 0 amide bonds. The molecule has 19 heavy (non-hydrogen) atoms. The SMILES string of the molecule is C=CCN(CCOC)Cc1ccc2c(c1)CCCN2. The molecule has 1 aromatic rings. The van der Waals surface area contributed by atoms with Crippen LogP contribution < -0.4 is 5.32 Å². The lowest BCUT2D eigenvalue weighted by Gasteiger charge is -2.23. The van der Waals surface area contributed by atoms with Crippen LogP contribution in [0.2, 0.25) is 0 Å². The second-order valence-electron chi connectivity index (χ2n) is 5.04. The van der Waals surface area contributed by atoms with E-state index >= 15 is 0 Å². The van der Waals surface area contributed by atoms with Gasteiger partial charge in [0.15, 0.2) is 0 Å². The van der Waals surface area contributed by atoms with Crippen LogP contribution in [0.3, 0.4) is 0 Å². The molecule has 3 nitrogen and oxygen atoms in total. The Kier molecular flexibility index (Phi) is 5.43. The normalized spacial score (nSPS) is 14.0. The second-order valence-corrected chi connectivity index (χ2v) is 5.04. The summed E-state index contributed by atoms with van der Waals surface area (Å²) in [4.78, 5) is 2.36. The fourth-order valence-electron chi connectivity index (χ4n) is 2.52. The van der Waals surface area contributed by atoms with Crippen molar-refractivity contribution < 1.29 is 4.74 Å². The molecular weight excluding hydrogens is 236 g/mol. The van der Waals surface area contributed by atoms with E-state index in [0.29, 0.717) is 0 Å². The maximum atomic E-state index is 5.16. The van der Waals surface area contributed by atoms with Gasteiger partial charge in [0.05, 0.1) is 6.61 Å². The van der Waals surface area contributed by atoms with Crippen LogP contribution >= 0.6 is 0 Å². The fraction of sp³-hybridized carbons (Fsp3) is 0.500. The van der Waals surface area contributed by atoms with Crippen LogP contribution in [0.25, 0.3) is 0 Å². The number of hydrogen-bond donors (Lipinski definition) is 1. The summed E-state index contributed by atoms with van der Waals surface area (Å²) in [6.45, 7) is 8.50. The summed E-state index contributed by atoms with van der Waals surface area (Å²) in [5.41, 5.74) is 4.14. The molecule has 0 aromatic heterocycles. The number of ether oxygens (including phenoxy) is 1. The van der Waals surface area contributed by atoms with Gasteiger partial charge < -0.3 is 10.1 Å². The Balaban J connectivity index is 2.01. The maximum absolute atomic E-state index is 5.16. The maximum Gasteiger partial charge on any atom is 0.0589 e. The predicted octanol–water partition coefficient (Wildman–Crippen LogP) is 2.68. The summed E-state index contributed by atoms with van der Waals surface area (Å²) in [6.07, 6.45) is 4.38. The van der Waals surface area contributed by atoms with E-state index in [1.54, 1.807) is 7.11 Å². The molecule has 0 saturated heterocycles. The molecule has 0 radical (unpaired) electrons. The van der Waals surface area contributed by atoms with Crippen LogP contribution in [0.4, 0.5) is 5.69 Å². The number of methoxy groups -OCH3 is 1. The minimum Gasteiger partial charge on any atom is -0.385 e. The van der Waals surface area contributed by atoms with Gasteiger partial charge in [-0.3, -0.25) is 4.90 Å². The van der Waals surface area contributed by atoms with Gasteiger partial charge in [0.2, 0.25) is 0 Å². The molecule has 0 fully saturated rings. The second kappa shape index (κ2) is 7.31. The van der Waals surface area contributed by atoms with Crippen LogP contribution in [0.15, 0.2) is 30.9 Å². The van der Waals surface area contributed by atoms with E-state index < -0.39 is 0 Å². The van der Waals surface area contributed by atoms with Crippen LogP contribution in [-0.2, 0) is 17.7 Å². The van der Waals surface area contributed by atoms with E-state index in [1.165, 1.54) is 29.7 Å². The van der Waals surface area contributed by atoms with Crippen molar-refractivity contribution >= 4 is 5.69 Å². The van der Waals surface area contributed by atoms with Gasteiger partial charge in [-0.2, -0.15) is 0 Å². The monoisotopic (exact) mass is 260 g/mol. The van der Waals surface area contributed by atoms with E-state index in [2.05, 4.69) is 35.0 Å². The first-order valence-electron chi connectivity index (χ1n) is 7.01. The van der Waals surface area contributed by atoms with E-state index in [4.69, 9.17) is 4.74 Å². The average molecular weight is 260 g/mol. The molecule has 0 bridgehead atoms. The summed E-state index contributed by atoms with van der Waals surface area (Å²) >= 11 is 0. The van der Waals surface area contributed by atoms with Gasteiger partial charge >= 0.3 is 0 Å². The Morgan fingerprint density at radius 1 is 1.47 bits per heavy atom. The summed E-state index contributed by atoms with van der Waals surface area (Å²) in [5.74, 6) is 0.